The molecule has 0 fully saturated rings. The lowest BCUT2D eigenvalue weighted by Crippen LogP contribution is -2.40. The molecule has 0 saturated carbocycles. The van der Waals surface area contributed by atoms with Crippen molar-refractivity contribution in [2.24, 2.45) is 11.7 Å². The molecule has 0 spiro atoms. The average molecular weight is 227 g/mol. The third-order valence-corrected chi connectivity index (χ3v) is 2.92. The van der Waals surface area contributed by atoms with Gasteiger partial charge >= 0.3 is 0 Å². The van der Waals surface area contributed by atoms with E-state index in [9.17, 15) is 9.50 Å². The summed E-state index contributed by atoms with van der Waals surface area (Å²) in [6.45, 7) is 3.74. The van der Waals surface area contributed by atoms with E-state index in [2.05, 4.69) is 0 Å². The Morgan fingerprint density at radius 3 is 2.50 bits per heavy atom. The van der Waals surface area contributed by atoms with Gasteiger partial charge in [-0.2, -0.15) is 0 Å². The van der Waals surface area contributed by atoms with Crippen molar-refractivity contribution >= 4 is 0 Å². The Morgan fingerprint density at radius 2 is 2.12 bits per heavy atom. The van der Waals surface area contributed by atoms with Crippen molar-refractivity contribution in [2.45, 2.75) is 19.4 Å². The number of benzene rings is 1. The number of rotatable bonds is 4. The van der Waals surface area contributed by atoms with Gasteiger partial charge in [0.25, 0.3) is 0 Å². The molecule has 1 aromatic rings. The molecule has 1 unspecified atom stereocenters. The summed E-state index contributed by atoms with van der Waals surface area (Å²) in [7, 11) is 1.40. The van der Waals surface area contributed by atoms with Crippen molar-refractivity contribution in [2.75, 3.05) is 13.7 Å². The van der Waals surface area contributed by atoms with Crippen LogP contribution in [-0.4, -0.2) is 18.8 Å². The number of nitrogens with two attached hydrogens (primary N) is 1. The molecule has 0 aliphatic heterocycles. The quantitative estimate of drug-likeness (QED) is 0.822. The van der Waals surface area contributed by atoms with Crippen molar-refractivity contribution < 1.29 is 14.2 Å². The van der Waals surface area contributed by atoms with Crippen molar-refractivity contribution in [3.05, 3.63) is 29.6 Å². The molecule has 3 N–H and O–H groups in total. The van der Waals surface area contributed by atoms with Gasteiger partial charge in [0, 0.05) is 6.54 Å². The van der Waals surface area contributed by atoms with Crippen LogP contribution < -0.4 is 10.5 Å². The summed E-state index contributed by atoms with van der Waals surface area (Å²) < 4.78 is 18.3. The van der Waals surface area contributed by atoms with Crippen molar-refractivity contribution in [1.82, 2.24) is 0 Å². The first kappa shape index (κ1) is 12.9. The summed E-state index contributed by atoms with van der Waals surface area (Å²) in [5.74, 6) is -0.426. The first-order valence-corrected chi connectivity index (χ1v) is 5.22. The fourth-order valence-corrected chi connectivity index (χ4v) is 1.62. The Bertz CT molecular complexity index is 368. The van der Waals surface area contributed by atoms with Crippen LogP contribution in [-0.2, 0) is 5.60 Å². The van der Waals surface area contributed by atoms with E-state index in [1.807, 2.05) is 13.8 Å². The molecule has 0 aromatic heterocycles. The summed E-state index contributed by atoms with van der Waals surface area (Å²) in [6.07, 6.45) is 0. The number of ether oxygens (including phenoxy) is 1. The maximum absolute atomic E-state index is 13.5. The zero-order valence-corrected chi connectivity index (χ0v) is 9.83. The number of aliphatic hydroxyl groups is 1. The van der Waals surface area contributed by atoms with Gasteiger partial charge in [-0.25, -0.2) is 4.39 Å². The lowest BCUT2D eigenvalue weighted by molar-refractivity contribution is -0.00145. The smallest absolute Gasteiger partial charge is 0.165 e. The van der Waals surface area contributed by atoms with Gasteiger partial charge in [0.1, 0.15) is 5.60 Å². The Kier molecular flexibility index (Phi) is 3.88. The highest BCUT2D eigenvalue weighted by atomic mass is 19.1. The van der Waals surface area contributed by atoms with E-state index < -0.39 is 11.4 Å². The van der Waals surface area contributed by atoms with Crippen LogP contribution in [0.4, 0.5) is 4.39 Å². The topological polar surface area (TPSA) is 55.5 Å². The number of hydrogen-bond acceptors (Lipinski definition) is 3. The van der Waals surface area contributed by atoms with Crippen LogP contribution in [0.3, 0.4) is 0 Å². The minimum atomic E-state index is -1.20. The minimum Gasteiger partial charge on any atom is -0.494 e. The summed E-state index contributed by atoms with van der Waals surface area (Å²) in [5, 5.41) is 10.3. The van der Waals surface area contributed by atoms with Gasteiger partial charge in [0.2, 0.25) is 0 Å². The molecule has 0 bridgehead atoms. The molecule has 1 rings (SSSR count). The SMILES string of the molecule is COc1ccc(C(O)(CN)C(C)C)cc1F. The predicted molar refractivity (Wildman–Crippen MR) is 60.7 cm³/mol. The van der Waals surface area contributed by atoms with E-state index in [0.717, 1.165) is 0 Å². The molecule has 0 aliphatic rings. The molecule has 1 atom stereocenters. The highest BCUT2D eigenvalue weighted by Crippen LogP contribution is 2.31. The summed E-state index contributed by atoms with van der Waals surface area (Å²) in [4.78, 5) is 0. The zero-order valence-electron chi connectivity index (χ0n) is 9.83. The first-order chi connectivity index (χ1) is 7.45. The molecule has 16 heavy (non-hydrogen) atoms. The molecule has 0 saturated heterocycles. The standard InChI is InChI=1S/C12H18FNO2/c1-8(2)12(15,7-14)9-4-5-11(16-3)10(13)6-9/h4-6,8,15H,7,14H2,1-3H3. The van der Waals surface area contributed by atoms with Crippen LogP contribution in [0.5, 0.6) is 5.75 Å². The van der Waals surface area contributed by atoms with Gasteiger partial charge in [-0.05, 0) is 23.6 Å². The van der Waals surface area contributed by atoms with Gasteiger partial charge in [-0.3, -0.25) is 0 Å². The summed E-state index contributed by atoms with van der Waals surface area (Å²) in [5.41, 5.74) is 4.83. The molecule has 0 aliphatic carbocycles. The third kappa shape index (κ3) is 2.18. The van der Waals surface area contributed by atoms with Crippen LogP contribution >= 0.6 is 0 Å². The lowest BCUT2D eigenvalue weighted by atomic mass is 9.83. The second kappa shape index (κ2) is 4.80. The molecule has 0 amide bonds. The zero-order chi connectivity index (χ0) is 12.3. The first-order valence-electron chi connectivity index (χ1n) is 5.22. The molecular weight excluding hydrogens is 209 g/mol. The highest BCUT2D eigenvalue weighted by Gasteiger charge is 2.32. The second-order valence-electron chi connectivity index (χ2n) is 4.13. The third-order valence-electron chi connectivity index (χ3n) is 2.92. The fourth-order valence-electron chi connectivity index (χ4n) is 1.62. The van der Waals surface area contributed by atoms with E-state index >= 15 is 0 Å². The molecule has 90 valence electrons. The highest BCUT2D eigenvalue weighted by molar-refractivity contribution is 5.33. The number of hydrogen-bond donors (Lipinski definition) is 2. The van der Waals surface area contributed by atoms with Crippen LogP contribution in [0.15, 0.2) is 18.2 Å². The van der Waals surface area contributed by atoms with Gasteiger partial charge in [0.15, 0.2) is 11.6 Å². The Balaban J connectivity index is 3.18. The number of methoxy groups -OCH3 is 1. The van der Waals surface area contributed by atoms with Crippen LogP contribution in [0.25, 0.3) is 0 Å². The van der Waals surface area contributed by atoms with E-state index in [0.29, 0.717) is 5.56 Å². The fraction of sp³-hybridized carbons (Fsp3) is 0.500. The second-order valence-corrected chi connectivity index (χ2v) is 4.13. The monoisotopic (exact) mass is 227 g/mol. The van der Waals surface area contributed by atoms with E-state index in [1.54, 1.807) is 6.07 Å². The van der Waals surface area contributed by atoms with Crippen molar-refractivity contribution in [3.63, 3.8) is 0 Å². The van der Waals surface area contributed by atoms with E-state index in [-0.39, 0.29) is 18.2 Å². The Morgan fingerprint density at radius 1 is 1.50 bits per heavy atom. The molecular formula is C12H18FNO2. The summed E-state index contributed by atoms with van der Waals surface area (Å²) in [6, 6.07) is 4.40. The Labute approximate surface area is 95.0 Å². The Hall–Kier alpha value is -1.13. The molecule has 0 radical (unpaired) electrons. The maximum Gasteiger partial charge on any atom is 0.165 e. The maximum atomic E-state index is 13.5. The van der Waals surface area contributed by atoms with Crippen LogP contribution in [0.2, 0.25) is 0 Å². The molecule has 1 aromatic carbocycles. The van der Waals surface area contributed by atoms with Gasteiger partial charge in [0.05, 0.1) is 7.11 Å². The number of halogens is 1. The van der Waals surface area contributed by atoms with Gasteiger partial charge < -0.3 is 15.6 Å². The van der Waals surface area contributed by atoms with Gasteiger partial charge in [-0.15, -0.1) is 0 Å². The molecule has 0 heterocycles. The molecule has 3 nitrogen and oxygen atoms in total. The van der Waals surface area contributed by atoms with Crippen molar-refractivity contribution in [3.8, 4) is 5.75 Å². The molecule has 4 heteroatoms. The predicted octanol–water partition coefficient (Wildman–Crippen LogP) is 1.64. The summed E-state index contributed by atoms with van der Waals surface area (Å²) >= 11 is 0. The van der Waals surface area contributed by atoms with E-state index in [4.69, 9.17) is 10.5 Å². The minimum absolute atomic E-state index is 0.0520. The van der Waals surface area contributed by atoms with Crippen LogP contribution in [0, 0.1) is 11.7 Å². The van der Waals surface area contributed by atoms with Crippen LogP contribution in [0.1, 0.15) is 19.4 Å². The van der Waals surface area contributed by atoms with Crippen molar-refractivity contribution in [1.29, 1.82) is 0 Å². The normalized spacial score (nSPS) is 14.9. The van der Waals surface area contributed by atoms with E-state index in [1.165, 1.54) is 19.2 Å². The average Bonchev–Trinajstić information content (AvgIpc) is 2.27. The van der Waals surface area contributed by atoms with Gasteiger partial charge in [-0.1, -0.05) is 19.9 Å². The largest absolute Gasteiger partial charge is 0.494 e. The lowest BCUT2D eigenvalue weighted by Gasteiger charge is -2.31.